The molecule has 0 aliphatic rings. The van der Waals surface area contributed by atoms with E-state index >= 15 is 0 Å². The number of hydrogen-bond acceptors (Lipinski definition) is 6. The lowest BCUT2D eigenvalue weighted by Gasteiger charge is -2.07. The lowest BCUT2D eigenvalue weighted by Crippen LogP contribution is -2.13. The minimum atomic E-state index is -0.574. The van der Waals surface area contributed by atoms with Crippen LogP contribution in [0.3, 0.4) is 0 Å². The zero-order valence-corrected chi connectivity index (χ0v) is 13.2. The third kappa shape index (κ3) is 4.71. The molecule has 1 amide bonds. The Morgan fingerprint density at radius 1 is 1.32 bits per heavy atom. The molecule has 2 rings (SSSR count). The van der Waals surface area contributed by atoms with Crippen molar-refractivity contribution in [1.29, 1.82) is 0 Å². The van der Waals surface area contributed by atoms with Crippen LogP contribution in [0.5, 0.6) is 5.75 Å². The second kappa shape index (κ2) is 7.77. The summed E-state index contributed by atoms with van der Waals surface area (Å²) >= 11 is 7.08. The Morgan fingerprint density at radius 3 is 2.82 bits per heavy atom. The fourth-order valence-electron chi connectivity index (χ4n) is 1.50. The van der Waals surface area contributed by atoms with Gasteiger partial charge < -0.3 is 14.8 Å². The second-order valence-electron chi connectivity index (χ2n) is 4.13. The van der Waals surface area contributed by atoms with Crippen LogP contribution in [-0.2, 0) is 9.53 Å². The monoisotopic (exact) mass is 340 g/mol. The molecule has 0 saturated heterocycles. The summed E-state index contributed by atoms with van der Waals surface area (Å²) in [5.74, 6) is -0.292. The summed E-state index contributed by atoms with van der Waals surface area (Å²) in [6.07, 6.45) is 0. The van der Waals surface area contributed by atoms with Crippen molar-refractivity contribution < 1.29 is 19.1 Å². The number of nitrogens with one attached hydrogen (secondary N) is 1. The van der Waals surface area contributed by atoms with E-state index in [0.717, 1.165) is 11.3 Å². The van der Waals surface area contributed by atoms with E-state index in [4.69, 9.17) is 21.1 Å². The Balaban J connectivity index is 1.77. The van der Waals surface area contributed by atoms with E-state index in [9.17, 15) is 9.59 Å². The summed E-state index contributed by atoms with van der Waals surface area (Å²) in [5, 5.41) is 4.86. The highest BCUT2D eigenvalue weighted by molar-refractivity contribution is 7.14. The lowest BCUT2D eigenvalue weighted by atomic mass is 10.3. The second-order valence-corrected chi connectivity index (χ2v) is 5.40. The van der Waals surface area contributed by atoms with Gasteiger partial charge in [0.05, 0.1) is 5.02 Å². The molecule has 6 nitrogen and oxygen atoms in total. The van der Waals surface area contributed by atoms with Gasteiger partial charge in [0.1, 0.15) is 19.0 Å². The Morgan fingerprint density at radius 2 is 2.09 bits per heavy atom. The van der Waals surface area contributed by atoms with Crippen LogP contribution in [0.4, 0.5) is 5.13 Å². The molecule has 0 saturated carbocycles. The summed E-state index contributed by atoms with van der Waals surface area (Å²) in [4.78, 5) is 26.6. The van der Waals surface area contributed by atoms with E-state index in [0.29, 0.717) is 15.9 Å². The Bertz CT molecular complexity index is 674. The van der Waals surface area contributed by atoms with Crippen molar-refractivity contribution in [3.05, 3.63) is 40.4 Å². The van der Waals surface area contributed by atoms with Crippen molar-refractivity contribution in [2.24, 2.45) is 0 Å². The fraction of sp³-hybridized carbons (Fsp3) is 0.214. The summed E-state index contributed by atoms with van der Waals surface area (Å²) < 4.78 is 10.4. The lowest BCUT2D eigenvalue weighted by molar-refractivity contribution is -0.114. The Kier molecular flexibility index (Phi) is 5.74. The minimum absolute atomic E-state index is 0.0665. The highest BCUT2D eigenvalue weighted by Crippen LogP contribution is 2.22. The number of rotatable bonds is 6. The topological polar surface area (TPSA) is 77.5 Å². The normalized spacial score (nSPS) is 10.1. The van der Waals surface area contributed by atoms with Crippen LogP contribution in [0.2, 0.25) is 5.02 Å². The number of hydrogen-bond donors (Lipinski definition) is 1. The molecular weight excluding hydrogens is 328 g/mol. The average Bonchev–Trinajstić information content (AvgIpc) is 2.93. The van der Waals surface area contributed by atoms with Crippen molar-refractivity contribution in [2.75, 3.05) is 18.5 Å². The molecule has 0 unspecified atom stereocenters. The van der Waals surface area contributed by atoms with Crippen LogP contribution in [-0.4, -0.2) is 30.1 Å². The van der Waals surface area contributed by atoms with Crippen LogP contribution in [0, 0.1) is 0 Å². The first-order valence-corrected chi connectivity index (χ1v) is 7.59. The molecule has 1 heterocycles. The van der Waals surface area contributed by atoms with Gasteiger partial charge in [0.15, 0.2) is 10.8 Å². The van der Waals surface area contributed by atoms with E-state index in [1.807, 2.05) is 0 Å². The van der Waals surface area contributed by atoms with Gasteiger partial charge in [-0.25, -0.2) is 9.78 Å². The van der Waals surface area contributed by atoms with E-state index in [-0.39, 0.29) is 24.8 Å². The summed E-state index contributed by atoms with van der Waals surface area (Å²) in [7, 11) is 0. The van der Waals surface area contributed by atoms with Crippen molar-refractivity contribution in [3.63, 3.8) is 0 Å². The largest absolute Gasteiger partial charge is 0.488 e. The third-order valence-electron chi connectivity index (χ3n) is 2.41. The predicted molar refractivity (Wildman–Crippen MR) is 83.6 cm³/mol. The first-order valence-electron chi connectivity index (χ1n) is 6.34. The van der Waals surface area contributed by atoms with Gasteiger partial charge in [0.25, 0.3) is 0 Å². The van der Waals surface area contributed by atoms with E-state index in [2.05, 4.69) is 10.3 Å². The molecule has 0 fully saturated rings. The molecule has 1 aromatic heterocycles. The minimum Gasteiger partial charge on any atom is -0.488 e. The van der Waals surface area contributed by atoms with Crippen LogP contribution in [0.15, 0.2) is 29.6 Å². The number of ether oxygens (including phenoxy) is 2. The summed E-state index contributed by atoms with van der Waals surface area (Å²) in [6, 6.07) is 7.03. The molecule has 116 valence electrons. The van der Waals surface area contributed by atoms with Gasteiger partial charge in [-0.3, -0.25) is 4.79 Å². The SMILES string of the molecule is CC(=O)Nc1nc(C(=O)OCCOc2ccccc2Cl)cs1. The highest BCUT2D eigenvalue weighted by Gasteiger charge is 2.12. The number of carbonyl (C=O) groups is 2. The van der Waals surface area contributed by atoms with Crippen LogP contribution in [0.25, 0.3) is 0 Å². The van der Waals surface area contributed by atoms with Gasteiger partial charge >= 0.3 is 5.97 Å². The number of esters is 1. The first-order chi connectivity index (χ1) is 10.6. The quantitative estimate of drug-likeness (QED) is 0.646. The molecule has 22 heavy (non-hydrogen) atoms. The number of para-hydroxylation sites is 1. The van der Waals surface area contributed by atoms with Gasteiger partial charge in [-0.1, -0.05) is 23.7 Å². The maximum absolute atomic E-state index is 11.7. The van der Waals surface area contributed by atoms with Gasteiger partial charge in [0.2, 0.25) is 5.91 Å². The van der Waals surface area contributed by atoms with Crippen LogP contribution < -0.4 is 10.1 Å². The smallest absolute Gasteiger partial charge is 0.358 e. The van der Waals surface area contributed by atoms with E-state index < -0.39 is 5.97 Å². The standard InChI is InChI=1S/C14H13ClN2O4S/c1-9(18)16-14-17-11(8-22-14)13(19)21-7-6-20-12-5-3-2-4-10(12)15/h2-5,8H,6-7H2,1H3,(H,16,17,18). The molecule has 0 bridgehead atoms. The van der Waals surface area contributed by atoms with E-state index in [1.165, 1.54) is 12.3 Å². The van der Waals surface area contributed by atoms with Gasteiger partial charge in [-0.15, -0.1) is 11.3 Å². The van der Waals surface area contributed by atoms with Crippen LogP contribution >= 0.6 is 22.9 Å². The van der Waals surface area contributed by atoms with Crippen LogP contribution in [0.1, 0.15) is 17.4 Å². The van der Waals surface area contributed by atoms with Gasteiger partial charge in [-0.05, 0) is 12.1 Å². The molecule has 0 aliphatic carbocycles. The van der Waals surface area contributed by atoms with Crippen molar-refractivity contribution in [1.82, 2.24) is 4.98 Å². The average molecular weight is 341 g/mol. The Labute approximate surface area is 136 Å². The number of thiazole rings is 1. The van der Waals surface area contributed by atoms with Crippen molar-refractivity contribution in [2.45, 2.75) is 6.92 Å². The zero-order chi connectivity index (χ0) is 15.9. The first kappa shape index (κ1) is 16.3. The van der Waals surface area contributed by atoms with Crippen molar-refractivity contribution in [3.8, 4) is 5.75 Å². The number of carbonyl (C=O) groups excluding carboxylic acids is 2. The number of halogens is 1. The molecule has 0 radical (unpaired) electrons. The molecule has 1 aromatic carbocycles. The number of benzene rings is 1. The van der Waals surface area contributed by atoms with Gasteiger partial charge in [0, 0.05) is 12.3 Å². The maximum Gasteiger partial charge on any atom is 0.358 e. The number of aromatic nitrogens is 1. The molecular formula is C14H13ClN2O4S. The zero-order valence-electron chi connectivity index (χ0n) is 11.7. The highest BCUT2D eigenvalue weighted by atomic mass is 35.5. The number of amides is 1. The number of nitrogens with zero attached hydrogens (tertiary/aromatic N) is 1. The molecule has 2 aromatic rings. The molecule has 8 heteroatoms. The van der Waals surface area contributed by atoms with Gasteiger partial charge in [-0.2, -0.15) is 0 Å². The summed E-state index contributed by atoms with van der Waals surface area (Å²) in [6.45, 7) is 1.61. The third-order valence-corrected chi connectivity index (χ3v) is 3.48. The fourth-order valence-corrected chi connectivity index (χ4v) is 2.41. The molecule has 1 N–H and O–H groups in total. The molecule has 0 atom stereocenters. The van der Waals surface area contributed by atoms with Crippen molar-refractivity contribution >= 4 is 39.9 Å². The number of anilines is 1. The molecule has 0 spiro atoms. The Hall–Kier alpha value is -2.12. The summed E-state index contributed by atoms with van der Waals surface area (Å²) in [5.41, 5.74) is 0.145. The van der Waals surface area contributed by atoms with E-state index in [1.54, 1.807) is 24.3 Å². The molecule has 0 aliphatic heterocycles. The maximum atomic E-state index is 11.7. The predicted octanol–water partition coefficient (Wildman–Crippen LogP) is 2.99.